The van der Waals surface area contributed by atoms with Gasteiger partial charge in [0.15, 0.2) is 44.0 Å². The number of hydrogen-bond acceptors (Lipinski definition) is 48. The molecule has 54 heteroatoms. The van der Waals surface area contributed by atoms with Crippen LogP contribution in [0.3, 0.4) is 0 Å². The molecule has 0 bridgehead atoms. The third-order valence-corrected chi connectivity index (χ3v) is 22.2. The van der Waals surface area contributed by atoms with Gasteiger partial charge in [-0.25, -0.2) is 9.59 Å². The van der Waals surface area contributed by atoms with Crippen molar-refractivity contribution < 1.29 is 247 Å². The minimum atomic E-state index is -3.36. The molecule has 47 atom stereocenters. The van der Waals surface area contributed by atoms with E-state index in [1.165, 1.54) is 13.8 Å². The van der Waals surface area contributed by atoms with Gasteiger partial charge in [-0.2, -0.15) is 0 Å². The lowest BCUT2D eigenvalue weighted by Gasteiger charge is -2.52. The predicted octanol–water partition coefficient (Wildman–Crippen LogP) is -19.6. The summed E-state index contributed by atoms with van der Waals surface area (Å²) in [6, 6.07) is -7.75. The van der Waals surface area contributed by atoms with Crippen molar-refractivity contribution in [2.75, 3.05) is 46.2 Å². The van der Waals surface area contributed by atoms with Crippen LogP contribution in [-0.2, 0) is 109 Å². The van der Waals surface area contributed by atoms with Gasteiger partial charge in [0.1, 0.15) is 195 Å². The summed E-state index contributed by atoms with van der Waals surface area (Å²) in [7, 11) is 0. The zero-order valence-corrected chi connectivity index (χ0v) is 65.8. The van der Waals surface area contributed by atoms with Gasteiger partial charge in [-0.05, 0) is 13.8 Å². The van der Waals surface area contributed by atoms with Crippen molar-refractivity contribution in [3.63, 3.8) is 0 Å². The molecule has 0 aromatic rings. The number of aliphatic carboxylic acids is 2. The van der Waals surface area contributed by atoms with E-state index in [4.69, 9.17) is 80.5 Å². The molecule has 9 aliphatic heterocycles. The van der Waals surface area contributed by atoms with Gasteiger partial charge >= 0.3 is 11.9 Å². The number of nitrogens with one attached hydrogen (secondary N) is 4. The van der Waals surface area contributed by atoms with Gasteiger partial charge in [0.2, 0.25) is 23.6 Å². The van der Waals surface area contributed by atoms with Crippen molar-refractivity contribution in [1.29, 1.82) is 0 Å². The van der Waals surface area contributed by atoms with E-state index in [1.54, 1.807) is 0 Å². The fraction of sp³-hybridized carbons (Fsp3) is 0.912. The van der Waals surface area contributed by atoms with Gasteiger partial charge < -0.3 is 240 Å². The number of carbonyl (C=O) groups is 6. The SMILES string of the molecule is CC(=O)N[C@H]1[C@H](OC[C@H]2O[C@@H](O)[C@H](O)[C@@H](O)[C@H]2O[C@@H]2O[C@H](CO)[C@@H](O[C@@H]3O[C@H](CO)[C@H](O)[C@H](O[C@]4(C(=O)O)C[C@H](O)[C@@H](NC(C)=O)[C@H]([C@H](O)[C@H](O)CO)O4)[C@H]3O)[C@H](O[C@@H]3O[C@@H](C)[C@@H](O)[C@@H](O)[C@@H]3O)[C@H]2NC(C)=O)O[C@H](CO)[C@@H](O[C@@H]2O[C@H](CO)[C@H](O)[C@H](O[C@]3(C(=O)O)C[C@H](O)[C@@H](NC(C)=O)[C@H]([C@H](O)[C@H](O)CO)O3)[C@H]2O)[C@@H]1O[C@@H]1O[C@@H](C)[C@@H](O)[C@@H](O)[C@@H]1O. The van der Waals surface area contributed by atoms with E-state index in [0.29, 0.717) is 0 Å². The smallest absolute Gasteiger partial charge is 0.364 e. The normalized spacial score (nSPS) is 46.9. The van der Waals surface area contributed by atoms with E-state index in [-0.39, 0.29) is 0 Å². The van der Waals surface area contributed by atoms with Crippen LogP contribution in [-0.4, -0.2) is 507 Å². The third kappa shape index (κ3) is 21.8. The molecule has 0 aromatic carbocycles. The summed E-state index contributed by atoms with van der Waals surface area (Å²) < 4.78 is 102. The number of amides is 4. The second-order valence-electron chi connectivity index (χ2n) is 31.0. The number of aliphatic hydroxyl groups excluding tert-OH is 25. The van der Waals surface area contributed by atoms with Gasteiger partial charge in [-0.1, -0.05) is 0 Å². The third-order valence-electron chi connectivity index (χ3n) is 22.2. The van der Waals surface area contributed by atoms with Crippen molar-refractivity contribution in [2.24, 2.45) is 0 Å². The number of rotatable bonds is 33. The summed E-state index contributed by atoms with van der Waals surface area (Å²) in [5, 5.41) is 310. The first kappa shape index (κ1) is 101. The molecule has 122 heavy (non-hydrogen) atoms. The highest BCUT2D eigenvalue weighted by Crippen LogP contribution is 2.44. The van der Waals surface area contributed by atoms with Gasteiger partial charge in [0.05, 0.1) is 82.7 Å². The molecule has 704 valence electrons. The second kappa shape index (κ2) is 42.6. The molecule has 9 aliphatic rings. The maximum Gasteiger partial charge on any atom is 0.364 e. The fourth-order valence-electron chi connectivity index (χ4n) is 15.8. The minimum absolute atomic E-state index is 0.867. The highest BCUT2D eigenvalue weighted by Gasteiger charge is 2.65. The lowest BCUT2D eigenvalue weighted by atomic mass is 9.88. The monoisotopic (exact) mass is 1780 g/mol. The standard InChI is InChI=1S/C68H112N4O50/c1-16-35(87)41(93)45(97)61(107-16)117-54-33(71-20(5)81)59(112-28(13-77)50(54)115-63-47(99)56(39(91)26(11-75)110-63)121-67(65(102)103)7-22(83)31(69-18(3)79)52(119-67)37(89)24(85)9-73)106-15-30-49(43(95)44(96)58(101)109-30)114-60-34(72-21(6)82)55(118-62-46(98)42(94)36(88)17(2)108-62)51(29(14-78)113-60)116-64-48(100)57(40(92)27(12-76)111-64)122-68(66(104)105)8-23(84)32(70-19(4)80)53(120-68)38(90)25(86)10-74/h16-17,22-64,73-78,83-101H,7-15H2,1-6H3,(H,69,79)(H,70,80)(H,71,81)(H,72,82)(H,102,103)(H,104,105)/t16-,17-,22-,23-,24+,25+,26+,27+,28+,29+,30+,31+,32+,33+,34+,35+,36+,37+,38+,39-,40-,41+,42+,43+,44+,45-,46-,47+,48+,49-,50+,51+,52+,53+,54+,55+,56-,57-,58+,59+,60-,61-,62-,63-,64-,67-,68-/m0/s1. The Balaban J connectivity index is 1.06. The maximum atomic E-state index is 13.6. The van der Waals surface area contributed by atoms with E-state index in [2.05, 4.69) is 21.3 Å². The molecule has 0 spiro atoms. The molecule has 54 nitrogen and oxygen atoms in total. The summed E-state index contributed by atoms with van der Waals surface area (Å²) in [6.45, 7) is -2.80. The van der Waals surface area contributed by atoms with Crippen LogP contribution >= 0.6 is 0 Å². The number of hydrogen-bond donors (Lipinski definition) is 31. The Morgan fingerprint density at radius 1 is 0.352 bits per heavy atom. The highest BCUT2D eigenvalue weighted by molar-refractivity contribution is 5.78. The lowest BCUT2D eigenvalue weighted by molar-refractivity contribution is -0.398. The van der Waals surface area contributed by atoms with Gasteiger partial charge in [0, 0.05) is 40.5 Å². The Labute approximate surface area is 690 Å². The molecule has 0 unspecified atom stereocenters. The average molecular weight is 1790 g/mol. The summed E-state index contributed by atoms with van der Waals surface area (Å²) in [5.74, 6) is -15.0. The van der Waals surface area contributed by atoms with E-state index in [9.17, 15) is 167 Å². The van der Waals surface area contributed by atoms with Crippen molar-refractivity contribution in [1.82, 2.24) is 21.3 Å². The molecule has 0 saturated carbocycles. The Morgan fingerprint density at radius 2 is 0.680 bits per heavy atom. The maximum absolute atomic E-state index is 13.6. The number of ether oxygens (including phenoxy) is 17. The molecule has 0 radical (unpaired) electrons. The van der Waals surface area contributed by atoms with Crippen LogP contribution in [0.2, 0.25) is 0 Å². The van der Waals surface area contributed by atoms with Crippen LogP contribution in [0.25, 0.3) is 0 Å². The Bertz CT molecular complexity index is 3410. The van der Waals surface area contributed by atoms with Crippen LogP contribution in [0.15, 0.2) is 0 Å². The number of carboxylic acids is 2. The zero-order valence-electron chi connectivity index (χ0n) is 65.8. The summed E-state index contributed by atoms with van der Waals surface area (Å²) >= 11 is 0. The van der Waals surface area contributed by atoms with Crippen molar-refractivity contribution >= 4 is 35.6 Å². The fourth-order valence-corrected chi connectivity index (χ4v) is 15.8. The lowest BCUT2D eigenvalue weighted by Crippen LogP contribution is -2.72. The predicted molar refractivity (Wildman–Crippen MR) is 375 cm³/mol. The molecule has 9 heterocycles. The molecule has 4 amide bonds. The first-order chi connectivity index (χ1) is 57.3. The highest BCUT2D eigenvalue weighted by atomic mass is 16.8. The van der Waals surface area contributed by atoms with Crippen LogP contribution in [0.4, 0.5) is 0 Å². The Hall–Kier alpha value is -4.86. The van der Waals surface area contributed by atoms with E-state index < -0.39 is 382 Å². The van der Waals surface area contributed by atoms with Crippen LogP contribution < -0.4 is 21.3 Å². The molecule has 9 fully saturated rings. The number of aliphatic hydroxyl groups is 25. The van der Waals surface area contributed by atoms with Crippen LogP contribution in [0, 0.1) is 0 Å². The van der Waals surface area contributed by atoms with E-state index in [1.807, 2.05) is 0 Å². The second-order valence-corrected chi connectivity index (χ2v) is 31.0. The average Bonchev–Trinajstić information content (AvgIpc) is 0.733. The summed E-state index contributed by atoms with van der Waals surface area (Å²) in [5.41, 5.74) is 0. The van der Waals surface area contributed by atoms with Gasteiger partial charge in [-0.15, -0.1) is 0 Å². The van der Waals surface area contributed by atoms with E-state index in [0.717, 1.165) is 27.7 Å². The van der Waals surface area contributed by atoms with E-state index >= 15 is 0 Å². The number of carbonyl (C=O) groups excluding carboxylic acids is 4. The minimum Gasteiger partial charge on any atom is -0.477 e. The first-order valence-electron chi connectivity index (χ1n) is 38.6. The molecular formula is C68H112N4O50. The quantitative estimate of drug-likeness (QED) is 0.0290. The molecular weight excluding hydrogens is 1670 g/mol. The van der Waals surface area contributed by atoms with Crippen LogP contribution in [0.5, 0.6) is 0 Å². The first-order valence-corrected chi connectivity index (χ1v) is 38.6. The molecule has 9 saturated heterocycles. The Kier molecular flexibility index (Phi) is 35.2. The van der Waals surface area contributed by atoms with Crippen molar-refractivity contribution in [3.05, 3.63) is 0 Å². The van der Waals surface area contributed by atoms with Gasteiger partial charge in [0.25, 0.3) is 11.6 Å². The summed E-state index contributed by atoms with van der Waals surface area (Å²) in [6.07, 6.45) is -93.2. The summed E-state index contributed by atoms with van der Waals surface area (Å²) in [4.78, 5) is 78.7. The molecule has 0 aliphatic carbocycles. The molecule has 31 N–H and O–H groups in total. The van der Waals surface area contributed by atoms with Gasteiger partial charge in [-0.3, -0.25) is 19.2 Å². The van der Waals surface area contributed by atoms with Crippen molar-refractivity contribution in [2.45, 2.75) is 342 Å². The topological polar surface area (TPSA) is 854 Å². The number of carboxylic acid groups (broad SMARTS) is 2. The Morgan fingerprint density at radius 3 is 1.03 bits per heavy atom. The van der Waals surface area contributed by atoms with Crippen LogP contribution in [0.1, 0.15) is 54.4 Å². The molecule has 9 rings (SSSR count). The zero-order chi connectivity index (χ0) is 90.7. The van der Waals surface area contributed by atoms with Crippen molar-refractivity contribution in [3.8, 4) is 0 Å². The largest absolute Gasteiger partial charge is 0.477 e. The molecule has 0 aromatic heterocycles.